The highest BCUT2D eigenvalue weighted by atomic mass is 35.5. The summed E-state index contributed by atoms with van der Waals surface area (Å²) >= 11 is 17.7. The third-order valence-electron chi connectivity index (χ3n) is 5.09. The molecule has 9 heteroatoms. The highest BCUT2D eigenvalue weighted by Crippen LogP contribution is 2.29. The molecule has 1 amide bonds. The molecule has 1 unspecified atom stereocenters. The predicted molar refractivity (Wildman–Crippen MR) is 136 cm³/mol. The van der Waals surface area contributed by atoms with Crippen LogP contribution in [0.4, 0.5) is 11.4 Å². The normalized spacial score (nSPS) is 11.7. The first-order valence-electron chi connectivity index (χ1n) is 10.2. The Kier molecular flexibility index (Phi) is 7.13. The van der Waals surface area contributed by atoms with Gasteiger partial charge in [0.1, 0.15) is 6.54 Å². The molecule has 0 radical (unpaired) electrons. The van der Waals surface area contributed by atoms with Crippen molar-refractivity contribution in [1.29, 1.82) is 0 Å². The maximum atomic E-state index is 12.7. The molecule has 1 atom stereocenters. The van der Waals surface area contributed by atoms with Crippen LogP contribution in [0, 0.1) is 4.77 Å². The molecule has 1 aromatic heterocycles. The molecule has 33 heavy (non-hydrogen) atoms. The standard InChI is InChI=1S/C24H21Cl2N5OS/c1-15(16-5-3-2-4-6-16)27-21-12-11-19(13-20(21)26)28-22(32)14-31-23(29-30-24(31)33)17-7-9-18(25)10-8-17/h2-13,15,27H,14H2,1H3,(H,28,32)(H,30,33). The molecule has 3 aromatic carbocycles. The summed E-state index contributed by atoms with van der Waals surface area (Å²) in [6, 6.07) is 22.7. The highest BCUT2D eigenvalue weighted by molar-refractivity contribution is 7.71. The van der Waals surface area contributed by atoms with Crippen LogP contribution in [0.15, 0.2) is 72.8 Å². The minimum Gasteiger partial charge on any atom is -0.377 e. The summed E-state index contributed by atoms with van der Waals surface area (Å²) in [4.78, 5) is 12.7. The number of H-pyrrole nitrogens is 1. The van der Waals surface area contributed by atoms with E-state index in [9.17, 15) is 4.79 Å². The summed E-state index contributed by atoms with van der Waals surface area (Å²) < 4.78 is 1.98. The van der Waals surface area contributed by atoms with Crippen molar-refractivity contribution in [2.24, 2.45) is 0 Å². The van der Waals surface area contributed by atoms with Gasteiger partial charge in [0.15, 0.2) is 10.6 Å². The second kappa shape index (κ2) is 10.2. The highest BCUT2D eigenvalue weighted by Gasteiger charge is 2.14. The molecule has 1 heterocycles. The molecule has 0 aliphatic heterocycles. The van der Waals surface area contributed by atoms with Crippen LogP contribution in [0.5, 0.6) is 0 Å². The van der Waals surface area contributed by atoms with E-state index in [4.69, 9.17) is 35.4 Å². The Balaban J connectivity index is 1.44. The minimum absolute atomic E-state index is 0.00401. The fraction of sp³-hybridized carbons (Fsp3) is 0.125. The van der Waals surface area contributed by atoms with Gasteiger partial charge in [-0.05, 0) is 67.2 Å². The summed E-state index contributed by atoms with van der Waals surface area (Å²) in [5.74, 6) is 0.302. The van der Waals surface area contributed by atoms with Gasteiger partial charge in [-0.25, -0.2) is 0 Å². The first kappa shape index (κ1) is 23.0. The lowest BCUT2D eigenvalue weighted by atomic mass is 10.1. The number of benzene rings is 3. The molecule has 0 bridgehead atoms. The van der Waals surface area contributed by atoms with Crippen molar-refractivity contribution in [2.45, 2.75) is 19.5 Å². The quantitative estimate of drug-likeness (QED) is 0.247. The molecule has 0 aliphatic rings. The van der Waals surface area contributed by atoms with E-state index in [-0.39, 0.29) is 18.5 Å². The van der Waals surface area contributed by atoms with E-state index in [1.165, 1.54) is 0 Å². The average molecular weight is 498 g/mol. The zero-order valence-electron chi connectivity index (χ0n) is 17.7. The van der Waals surface area contributed by atoms with E-state index in [1.54, 1.807) is 28.8 Å². The third kappa shape index (κ3) is 5.63. The number of aromatic nitrogens is 3. The lowest BCUT2D eigenvalue weighted by Gasteiger charge is -2.17. The van der Waals surface area contributed by atoms with Crippen LogP contribution in [-0.2, 0) is 11.3 Å². The Morgan fingerprint density at radius 3 is 2.52 bits per heavy atom. The topological polar surface area (TPSA) is 74.7 Å². The summed E-state index contributed by atoms with van der Waals surface area (Å²) in [6.45, 7) is 2.06. The Hall–Kier alpha value is -3.13. The van der Waals surface area contributed by atoms with Crippen LogP contribution in [0.2, 0.25) is 10.0 Å². The fourth-order valence-corrected chi connectivity index (χ4v) is 3.95. The molecular formula is C24H21Cl2N5OS. The van der Waals surface area contributed by atoms with Gasteiger partial charge in [0.25, 0.3) is 0 Å². The number of aromatic amines is 1. The molecule has 4 rings (SSSR count). The van der Waals surface area contributed by atoms with E-state index in [0.29, 0.717) is 26.3 Å². The van der Waals surface area contributed by atoms with Gasteiger partial charge in [0.05, 0.1) is 10.7 Å². The molecule has 168 valence electrons. The van der Waals surface area contributed by atoms with Crippen molar-refractivity contribution in [3.8, 4) is 11.4 Å². The molecule has 4 aromatic rings. The Labute approximate surface area is 206 Å². The van der Waals surface area contributed by atoms with Crippen LogP contribution in [0.25, 0.3) is 11.4 Å². The second-order valence-corrected chi connectivity index (χ2v) is 8.70. The van der Waals surface area contributed by atoms with Gasteiger partial charge in [-0.2, -0.15) is 5.10 Å². The number of nitrogens with zero attached hydrogens (tertiary/aromatic N) is 2. The molecule has 6 nitrogen and oxygen atoms in total. The average Bonchev–Trinajstić information content (AvgIpc) is 3.16. The van der Waals surface area contributed by atoms with Crippen molar-refractivity contribution in [3.05, 3.63) is 93.2 Å². The van der Waals surface area contributed by atoms with Gasteiger partial charge >= 0.3 is 0 Å². The van der Waals surface area contributed by atoms with E-state index in [1.807, 2.05) is 36.4 Å². The second-order valence-electron chi connectivity index (χ2n) is 7.46. The number of halogens is 2. The number of rotatable bonds is 7. The summed E-state index contributed by atoms with van der Waals surface area (Å²) in [5, 5.41) is 14.4. The molecule has 0 aliphatic carbocycles. The predicted octanol–water partition coefficient (Wildman–Crippen LogP) is 6.73. The van der Waals surface area contributed by atoms with E-state index < -0.39 is 0 Å². The van der Waals surface area contributed by atoms with Gasteiger partial charge in [0.2, 0.25) is 5.91 Å². The van der Waals surface area contributed by atoms with Gasteiger partial charge in [-0.3, -0.25) is 14.5 Å². The number of amides is 1. The van der Waals surface area contributed by atoms with Crippen LogP contribution < -0.4 is 10.6 Å². The number of hydrogen-bond donors (Lipinski definition) is 3. The first-order valence-corrected chi connectivity index (χ1v) is 11.4. The molecular weight excluding hydrogens is 477 g/mol. The number of carbonyl (C=O) groups is 1. The summed E-state index contributed by atoms with van der Waals surface area (Å²) in [5.41, 5.74) is 3.32. The lowest BCUT2D eigenvalue weighted by Crippen LogP contribution is -2.19. The maximum absolute atomic E-state index is 12.7. The molecule has 0 saturated carbocycles. The number of nitrogens with one attached hydrogen (secondary N) is 3. The Bertz CT molecular complexity index is 1320. The summed E-state index contributed by atoms with van der Waals surface area (Å²) in [6.07, 6.45) is 0. The Morgan fingerprint density at radius 1 is 1.09 bits per heavy atom. The van der Waals surface area contributed by atoms with Crippen LogP contribution in [-0.4, -0.2) is 20.7 Å². The van der Waals surface area contributed by atoms with Crippen molar-refractivity contribution in [1.82, 2.24) is 14.8 Å². The zero-order valence-corrected chi connectivity index (χ0v) is 20.0. The lowest BCUT2D eigenvalue weighted by molar-refractivity contribution is -0.116. The molecule has 3 N–H and O–H groups in total. The maximum Gasteiger partial charge on any atom is 0.244 e. The zero-order chi connectivity index (χ0) is 23.4. The van der Waals surface area contributed by atoms with Gasteiger partial charge in [-0.1, -0.05) is 53.5 Å². The van der Waals surface area contributed by atoms with E-state index >= 15 is 0 Å². The molecule has 0 spiro atoms. The number of anilines is 2. The largest absolute Gasteiger partial charge is 0.377 e. The summed E-state index contributed by atoms with van der Waals surface area (Å²) in [7, 11) is 0. The molecule has 0 saturated heterocycles. The SMILES string of the molecule is CC(Nc1ccc(NC(=O)Cn2c(-c3ccc(Cl)cc3)n[nH]c2=S)cc1Cl)c1ccccc1. The van der Waals surface area contributed by atoms with Crippen LogP contribution in [0.3, 0.4) is 0 Å². The smallest absolute Gasteiger partial charge is 0.244 e. The number of hydrogen-bond acceptors (Lipinski definition) is 4. The number of carbonyl (C=O) groups excluding carboxylic acids is 1. The van der Waals surface area contributed by atoms with Crippen molar-refractivity contribution in [3.63, 3.8) is 0 Å². The van der Waals surface area contributed by atoms with E-state index in [0.717, 1.165) is 16.8 Å². The third-order valence-corrected chi connectivity index (χ3v) is 5.96. The van der Waals surface area contributed by atoms with Crippen molar-refractivity contribution < 1.29 is 4.79 Å². The molecule has 0 fully saturated rings. The fourth-order valence-electron chi connectivity index (χ4n) is 3.40. The van der Waals surface area contributed by atoms with Gasteiger partial charge in [0, 0.05) is 22.3 Å². The minimum atomic E-state index is -0.253. The van der Waals surface area contributed by atoms with Gasteiger partial charge in [-0.15, -0.1) is 0 Å². The first-order chi connectivity index (χ1) is 15.9. The van der Waals surface area contributed by atoms with Crippen LogP contribution in [0.1, 0.15) is 18.5 Å². The van der Waals surface area contributed by atoms with Crippen LogP contribution >= 0.6 is 35.4 Å². The van der Waals surface area contributed by atoms with E-state index in [2.05, 4.69) is 39.9 Å². The van der Waals surface area contributed by atoms with Crippen molar-refractivity contribution in [2.75, 3.05) is 10.6 Å². The van der Waals surface area contributed by atoms with Crippen molar-refractivity contribution >= 4 is 52.7 Å². The monoisotopic (exact) mass is 497 g/mol. The van der Waals surface area contributed by atoms with Gasteiger partial charge < -0.3 is 10.6 Å². The Morgan fingerprint density at radius 2 is 1.82 bits per heavy atom.